The van der Waals surface area contributed by atoms with Crippen LogP contribution in [0.5, 0.6) is 0 Å². The van der Waals surface area contributed by atoms with Crippen molar-refractivity contribution in [1.82, 2.24) is 4.23 Å². The average molecular weight is 317 g/mol. The molecule has 0 bridgehead atoms. The van der Waals surface area contributed by atoms with E-state index >= 15 is 0 Å². The molecule has 0 aliphatic rings. The van der Waals surface area contributed by atoms with E-state index in [1.54, 1.807) is 12.1 Å². The minimum atomic E-state index is -2.17. The van der Waals surface area contributed by atoms with Crippen LogP contribution in [0.4, 0.5) is 0 Å². The normalized spacial score (nSPS) is 14.1. The van der Waals surface area contributed by atoms with Gasteiger partial charge in [-0.3, -0.25) is 4.21 Å². The molecule has 1 aromatic heterocycles. The summed E-state index contributed by atoms with van der Waals surface area (Å²) in [6, 6.07) is 7.37. The van der Waals surface area contributed by atoms with E-state index in [2.05, 4.69) is 50.4 Å². The fourth-order valence-electron chi connectivity index (χ4n) is 2.06. The van der Waals surface area contributed by atoms with Crippen LogP contribution in [0.2, 0.25) is 18.1 Å². The maximum absolute atomic E-state index is 11.1. The van der Waals surface area contributed by atoms with Crippen molar-refractivity contribution in [2.75, 3.05) is 0 Å². The maximum Gasteiger partial charge on any atom is 1.00 e. The van der Waals surface area contributed by atoms with Crippen molar-refractivity contribution in [3.05, 3.63) is 30.5 Å². The van der Waals surface area contributed by atoms with E-state index in [4.69, 9.17) is 0 Å². The predicted octanol–water partition coefficient (Wildman–Crippen LogP) is 0.737. The predicted molar refractivity (Wildman–Crippen MR) is 81.7 cm³/mol. The van der Waals surface area contributed by atoms with Gasteiger partial charge in [0.1, 0.15) is 0 Å². The summed E-state index contributed by atoms with van der Waals surface area (Å²) < 4.78 is 24.6. The molecule has 0 aliphatic carbocycles. The molecule has 0 fully saturated rings. The number of hydrogen-bond acceptors (Lipinski definition) is 2. The molecule has 1 atom stereocenters. The Morgan fingerprint density at radius 1 is 1.20 bits per heavy atom. The van der Waals surface area contributed by atoms with Gasteiger partial charge >= 0.3 is 29.6 Å². The first-order valence-electron chi connectivity index (χ1n) is 6.35. The van der Waals surface area contributed by atoms with Crippen LogP contribution >= 0.6 is 0 Å². The van der Waals surface area contributed by atoms with Crippen molar-refractivity contribution in [3.63, 3.8) is 0 Å². The Morgan fingerprint density at radius 3 is 2.30 bits per heavy atom. The first-order valence-corrected chi connectivity index (χ1v) is 10.4. The second-order valence-corrected chi connectivity index (χ2v) is 12.5. The Hall–Kier alpha value is 0.0869. The van der Waals surface area contributed by atoms with E-state index in [9.17, 15) is 8.76 Å². The zero-order valence-electron chi connectivity index (χ0n) is 13.1. The van der Waals surface area contributed by atoms with Gasteiger partial charge in [-0.05, 0) is 45.9 Å². The van der Waals surface area contributed by atoms with E-state index in [1.165, 1.54) is 0 Å². The summed E-state index contributed by atoms with van der Waals surface area (Å²) in [5.74, 6) is 0. The summed E-state index contributed by atoms with van der Waals surface area (Å²) in [6.45, 7) is 11.4. The van der Waals surface area contributed by atoms with Gasteiger partial charge in [-0.1, -0.05) is 39.9 Å². The minimum Gasteiger partial charge on any atom is -0.768 e. The molecule has 0 spiro atoms. The molecule has 0 aliphatic heterocycles. The molecule has 0 saturated carbocycles. The second-order valence-electron chi connectivity index (χ2n) is 6.45. The summed E-state index contributed by atoms with van der Waals surface area (Å²) in [7, 11) is -1.74. The summed E-state index contributed by atoms with van der Waals surface area (Å²) in [4.78, 5) is 0.353. The molecule has 0 radical (unpaired) electrons. The standard InChI is InChI=1S/C14H21NO2SSi.Na/c1-14(2,3)19(4,5)15-9-8-11-6-7-12(18(16)17)10-13(11)15;/h6-10H,1-5H3,(H,16,17);/q;+1/p-1. The summed E-state index contributed by atoms with van der Waals surface area (Å²) in [5.41, 5.74) is 1.02. The van der Waals surface area contributed by atoms with E-state index < -0.39 is 19.3 Å². The molecule has 3 nitrogen and oxygen atoms in total. The molecule has 2 aromatic rings. The van der Waals surface area contributed by atoms with Gasteiger partial charge in [0, 0.05) is 10.4 Å². The fourth-order valence-corrected chi connectivity index (χ4v) is 4.41. The molecular formula is C14H20NNaO2SSi. The molecule has 2 rings (SSSR count). The zero-order chi connectivity index (χ0) is 14.4. The van der Waals surface area contributed by atoms with Crippen LogP contribution in [-0.2, 0) is 11.1 Å². The topological polar surface area (TPSA) is 45.1 Å². The van der Waals surface area contributed by atoms with E-state index in [0.29, 0.717) is 4.90 Å². The van der Waals surface area contributed by atoms with E-state index in [-0.39, 0.29) is 34.6 Å². The second kappa shape index (κ2) is 6.06. The number of hydrogen-bond donors (Lipinski definition) is 0. The Bertz CT molecular complexity index is 646. The smallest absolute Gasteiger partial charge is 0.768 e. The van der Waals surface area contributed by atoms with Gasteiger partial charge in [0.05, 0.1) is 0 Å². The third kappa shape index (κ3) is 3.13. The third-order valence-corrected chi connectivity index (χ3v) is 10.2. The summed E-state index contributed by atoms with van der Waals surface area (Å²) in [6.07, 6.45) is 2.10. The molecule has 20 heavy (non-hydrogen) atoms. The third-order valence-electron chi connectivity index (χ3n) is 4.29. The van der Waals surface area contributed by atoms with E-state index in [0.717, 1.165) is 10.9 Å². The van der Waals surface area contributed by atoms with Crippen molar-refractivity contribution >= 4 is 30.2 Å². The molecule has 104 valence electrons. The number of fused-ring (bicyclic) bond motifs is 1. The molecule has 1 unspecified atom stereocenters. The van der Waals surface area contributed by atoms with Crippen molar-refractivity contribution in [3.8, 4) is 0 Å². The first kappa shape index (κ1) is 18.1. The molecule has 0 N–H and O–H groups in total. The Balaban J connectivity index is 0.00000200. The maximum atomic E-state index is 11.1. The van der Waals surface area contributed by atoms with Gasteiger partial charge in [0.25, 0.3) is 0 Å². The van der Waals surface area contributed by atoms with Crippen LogP contribution in [-0.4, -0.2) is 21.2 Å². The van der Waals surface area contributed by atoms with E-state index in [1.807, 2.05) is 6.07 Å². The van der Waals surface area contributed by atoms with Crippen LogP contribution in [0, 0.1) is 0 Å². The monoisotopic (exact) mass is 317 g/mol. The van der Waals surface area contributed by atoms with Crippen molar-refractivity contribution in [2.45, 2.75) is 43.8 Å². The van der Waals surface area contributed by atoms with Gasteiger partial charge in [-0.25, -0.2) is 0 Å². The largest absolute Gasteiger partial charge is 1.00 e. The molecule has 1 aromatic carbocycles. The Labute approximate surface area is 146 Å². The van der Waals surface area contributed by atoms with Gasteiger partial charge in [-0.2, -0.15) is 0 Å². The van der Waals surface area contributed by atoms with Crippen LogP contribution in [0.3, 0.4) is 0 Å². The molecule has 1 heterocycles. The molecule has 0 saturated heterocycles. The average Bonchev–Trinajstić information content (AvgIpc) is 2.70. The van der Waals surface area contributed by atoms with Crippen molar-refractivity contribution in [2.24, 2.45) is 0 Å². The molecular weight excluding hydrogens is 297 g/mol. The molecule has 6 heteroatoms. The van der Waals surface area contributed by atoms with Crippen molar-refractivity contribution in [1.29, 1.82) is 0 Å². The molecule has 0 amide bonds. The van der Waals surface area contributed by atoms with Crippen molar-refractivity contribution < 1.29 is 38.3 Å². The SMILES string of the molecule is CC(C)(C)[Si](C)(C)n1ccc2ccc(S(=O)[O-])cc21.[Na+]. The first-order chi connectivity index (χ1) is 8.64. The van der Waals surface area contributed by atoms with Crippen LogP contribution in [0.15, 0.2) is 35.4 Å². The number of benzene rings is 1. The Morgan fingerprint density at radius 2 is 1.80 bits per heavy atom. The number of nitrogens with zero attached hydrogens (tertiary/aromatic N) is 1. The van der Waals surface area contributed by atoms with Crippen LogP contribution in [0.25, 0.3) is 10.9 Å². The number of rotatable bonds is 2. The van der Waals surface area contributed by atoms with Gasteiger partial charge in [0.15, 0.2) is 8.24 Å². The Kier molecular flexibility index (Phi) is 5.50. The van der Waals surface area contributed by atoms with Gasteiger partial charge < -0.3 is 8.79 Å². The summed E-state index contributed by atoms with van der Waals surface area (Å²) >= 11 is -2.17. The quantitative estimate of drug-likeness (QED) is 0.606. The minimum absolute atomic E-state index is 0. The zero-order valence-corrected chi connectivity index (χ0v) is 16.9. The van der Waals surface area contributed by atoms with Gasteiger partial charge in [0.2, 0.25) is 0 Å². The fraction of sp³-hybridized carbons (Fsp3) is 0.429. The van der Waals surface area contributed by atoms with Crippen LogP contribution < -0.4 is 29.6 Å². The van der Waals surface area contributed by atoms with Crippen LogP contribution in [0.1, 0.15) is 20.8 Å². The number of aromatic nitrogens is 1. The van der Waals surface area contributed by atoms with Gasteiger partial charge in [-0.15, -0.1) is 0 Å². The summed E-state index contributed by atoms with van der Waals surface area (Å²) in [5, 5.41) is 1.30.